The number of nitrogens with one attached hydrogen (secondary N) is 2. The van der Waals surface area contributed by atoms with Gasteiger partial charge in [0.2, 0.25) is 0 Å². The molecule has 1 atom stereocenters. The van der Waals surface area contributed by atoms with Gasteiger partial charge >= 0.3 is 0 Å². The molecule has 3 rings (SSSR count). The third kappa shape index (κ3) is 4.78. The van der Waals surface area contributed by atoms with Crippen LogP contribution in [0.1, 0.15) is 53.9 Å². The smallest absolute Gasteiger partial charge is 0.166 e. The molecule has 0 unspecified atom stereocenters. The highest BCUT2D eigenvalue weighted by Gasteiger charge is 2.49. The third-order valence-electron chi connectivity index (χ3n) is 5.37. The maximum atomic E-state index is 13.0. The fourth-order valence-electron chi connectivity index (χ4n) is 4.04. The fraction of sp³-hybridized carbons (Fsp3) is 0.800. The van der Waals surface area contributed by atoms with Crippen LogP contribution in [0.25, 0.3) is 0 Å². The monoisotopic (exact) mass is 349 g/mol. The third-order valence-corrected chi connectivity index (χ3v) is 5.37. The normalized spacial score (nSPS) is 34.2. The molecule has 0 saturated carbocycles. The summed E-state index contributed by atoms with van der Waals surface area (Å²) in [4.78, 5) is 28.0. The Labute approximate surface area is 152 Å². The van der Waals surface area contributed by atoms with Crippen LogP contribution < -0.4 is 10.6 Å². The van der Waals surface area contributed by atoms with Gasteiger partial charge in [0.15, 0.2) is 11.6 Å². The van der Waals surface area contributed by atoms with E-state index in [1.165, 1.54) is 0 Å². The first-order chi connectivity index (χ1) is 11.7. The number of hydrogen-bond acceptors (Lipinski definition) is 5. The molecule has 2 N–H and O–H groups in total. The van der Waals surface area contributed by atoms with E-state index >= 15 is 0 Å². The van der Waals surface area contributed by atoms with Crippen LogP contribution in [-0.2, 0) is 9.59 Å². The number of carbonyl (C=O) groups excluding carboxylic acids is 2. The zero-order valence-corrected chi connectivity index (χ0v) is 16.5. The summed E-state index contributed by atoms with van der Waals surface area (Å²) < 4.78 is 0. The first-order valence-corrected chi connectivity index (χ1v) is 9.66. The molecule has 0 spiro atoms. The lowest BCUT2D eigenvalue weighted by Gasteiger charge is -2.50. The number of nitrogens with zero attached hydrogens (tertiary/aromatic N) is 1. The molecule has 2 bridgehead atoms. The molecule has 5 heteroatoms. The molecule has 3 aliphatic heterocycles. The largest absolute Gasteiger partial charge is 0.303 e. The van der Waals surface area contributed by atoms with Crippen LogP contribution in [0.4, 0.5) is 0 Å². The van der Waals surface area contributed by atoms with Gasteiger partial charge in [-0.15, -0.1) is 0 Å². The highest BCUT2D eigenvalue weighted by atomic mass is 16.1. The summed E-state index contributed by atoms with van der Waals surface area (Å²) in [6.45, 7) is 12.5. The maximum Gasteiger partial charge on any atom is 0.166 e. The van der Waals surface area contributed by atoms with Gasteiger partial charge in [-0.1, -0.05) is 26.0 Å². The lowest BCUT2D eigenvalue weighted by Crippen LogP contribution is -2.74. The summed E-state index contributed by atoms with van der Waals surface area (Å²) in [5, 5.41) is 6.81. The number of rotatable bonds is 4. The van der Waals surface area contributed by atoms with Crippen LogP contribution >= 0.6 is 0 Å². The van der Waals surface area contributed by atoms with Crippen LogP contribution in [-0.4, -0.2) is 59.8 Å². The highest BCUT2D eigenvalue weighted by molar-refractivity contribution is 5.94. The van der Waals surface area contributed by atoms with E-state index in [1.54, 1.807) is 0 Å². The molecular weight excluding hydrogens is 314 g/mol. The molecule has 1 saturated heterocycles. The fourth-order valence-corrected chi connectivity index (χ4v) is 4.04. The minimum absolute atomic E-state index is 0.0313. The molecule has 3 aliphatic rings. The molecule has 142 valence electrons. The lowest BCUT2D eigenvalue weighted by atomic mass is 9.79. The van der Waals surface area contributed by atoms with Gasteiger partial charge in [0.25, 0.3) is 0 Å². The van der Waals surface area contributed by atoms with Crippen molar-refractivity contribution in [3.05, 3.63) is 12.2 Å². The summed E-state index contributed by atoms with van der Waals surface area (Å²) in [6.07, 6.45) is 7.17. The van der Waals surface area contributed by atoms with Gasteiger partial charge in [0, 0.05) is 31.6 Å². The second-order valence-electron chi connectivity index (χ2n) is 8.54. The minimum atomic E-state index is -0.565. The summed E-state index contributed by atoms with van der Waals surface area (Å²) in [6, 6.07) is 0.241. The van der Waals surface area contributed by atoms with Gasteiger partial charge in [-0.25, -0.2) is 0 Å². The Kier molecular flexibility index (Phi) is 6.57. The Bertz CT molecular complexity index is 521. The number of Topliss-reactive ketones (excluding diaryl/α,β-unsaturated/α-hetero) is 2. The molecule has 0 aromatic carbocycles. The minimum Gasteiger partial charge on any atom is -0.303 e. The number of carbonyl (C=O) groups is 2. The average Bonchev–Trinajstić information content (AvgIpc) is 2.50. The predicted molar refractivity (Wildman–Crippen MR) is 102 cm³/mol. The molecular formula is C20H35N3O2. The molecule has 1 fully saturated rings. The first kappa shape index (κ1) is 20.3. The van der Waals surface area contributed by atoms with Crippen molar-refractivity contribution in [1.82, 2.24) is 15.5 Å². The van der Waals surface area contributed by atoms with Crippen LogP contribution in [0.2, 0.25) is 0 Å². The average molecular weight is 350 g/mol. The van der Waals surface area contributed by atoms with Gasteiger partial charge in [0.1, 0.15) is 5.54 Å². The molecule has 3 heterocycles. The molecule has 25 heavy (non-hydrogen) atoms. The van der Waals surface area contributed by atoms with Crippen LogP contribution in [0.15, 0.2) is 12.2 Å². The zero-order chi connectivity index (χ0) is 18.7. The molecule has 0 aromatic heterocycles. The van der Waals surface area contributed by atoms with Crippen molar-refractivity contribution in [1.29, 1.82) is 0 Å². The van der Waals surface area contributed by atoms with Crippen LogP contribution in [0, 0.1) is 5.92 Å². The van der Waals surface area contributed by atoms with Crippen molar-refractivity contribution in [2.75, 3.05) is 26.2 Å². The van der Waals surface area contributed by atoms with E-state index < -0.39 is 11.1 Å². The van der Waals surface area contributed by atoms with Crippen molar-refractivity contribution in [3.8, 4) is 0 Å². The van der Waals surface area contributed by atoms with Gasteiger partial charge < -0.3 is 5.32 Å². The van der Waals surface area contributed by atoms with Gasteiger partial charge in [-0.05, 0) is 40.0 Å². The second kappa shape index (κ2) is 8.11. The number of ketones is 2. The Morgan fingerprint density at radius 3 is 2.52 bits per heavy atom. The Morgan fingerprint density at radius 1 is 1.24 bits per heavy atom. The summed E-state index contributed by atoms with van der Waals surface area (Å²) in [7, 11) is 0. The van der Waals surface area contributed by atoms with Crippen LogP contribution in [0.5, 0.6) is 0 Å². The molecule has 0 aliphatic carbocycles. The number of hydrogen-bond donors (Lipinski definition) is 2. The Balaban J connectivity index is 2.19. The summed E-state index contributed by atoms with van der Waals surface area (Å²) >= 11 is 0. The van der Waals surface area contributed by atoms with Gasteiger partial charge in [-0.3, -0.25) is 19.8 Å². The topological polar surface area (TPSA) is 61.4 Å². The molecule has 0 amide bonds. The van der Waals surface area contributed by atoms with E-state index in [2.05, 4.69) is 41.5 Å². The molecule has 5 nitrogen and oxygen atoms in total. The van der Waals surface area contributed by atoms with E-state index in [0.29, 0.717) is 13.1 Å². The molecule has 0 aromatic rings. The first-order valence-electron chi connectivity index (χ1n) is 9.66. The van der Waals surface area contributed by atoms with E-state index in [0.717, 1.165) is 25.8 Å². The van der Waals surface area contributed by atoms with E-state index in [-0.39, 0.29) is 30.1 Å². The highest BCUT2D eigenvalue weighted by Crippen LogP contribution is 2.26. The van der Waals surface area contributed by atoms with Crippen molar-refractivity contribution < 1.29 is 9.59 Å². The van der Waals surface area contributed by atoms with E-state index in [9.17, 15) is 9.59 Å². The zero-order valence-electron chi connectivity index (χ0n) is 16.5. The number of allylic oxidation sites excluding steroid dienone is 1. The Morgan fingerprint density at radius 2 is 1.92 bits per heavy atom. The summed E-state index contributed by atoms with van der Waals surface area (Å²) in [5.41, 5.74) is -1.11. The molecule has 0 radical (unpaired) electrons. The summed E-state index contributed by atoms with van der Waals surface area (Å²) in [5.74, 6) is 0.337. The van der Waals surface area contributed by atoms with Gasteiger partial charge in [0.05, 0.1) is 12.1 Å². The van der Waals surface area contributed by atoms with Crippen molar-refractivity contribution in [3.63, 3.8) is 0 Å². The van der Waals surface area contributed by atoms with Crippen molar-refractivity contribution >= 4 is 11.6 Å². The van der Waals surface area contributed by atoms with Crippen molar-refractivity contribution in [2.24, 2.45) is 5.92 Å². The predicted octanol–water partition coefficient (Wildman–Crippen LogP) is 1.92. The Hall–Kier alpha value is -1.04. The van der Waals surface area contributed by atoms with Crippen molar-refractivity contribution in [2.45, 2.75) is 71.0 Å². The standard InChI is InChI=1S/C20H35N3O2/c1-15(2)18(25)20-13-23(14-20)11-9-7-6-8-10-19(5,22-16(3)4)17(24)12-21-20/h7,9,15-16,21-22H,6,8,10-14H2,1-5H3/t19-/m1/s1. The maximum absolute atomic E-state index is 13.0. The van der Waals surface area contributed by atoms with Gasteiger partial charge in [-0.2, -0.15) is 0 Å². The van der Waals surface area contributed by atoms with E-state index in [4.69, 9.17) is 0 Å². The van der Waals surface area contributed by atoms with Crippen LogP contribution in [0.3, 0.4) is 0 Å². The SMILES string of the molecule is CC(C)N[C@]1(C)CCCC=CCN2CC(C(=O)C(C)C)(C2)NCC1=O. The second-order valence-corrected chi connectivity index (χ2v) is 8.54. The lowest BCUT2D eigenvalue weighted by molar-refractivity contribution is -0.136. The number of fused-ring (bicyclic) bond motifs is 8. The quantitative estimate of drug-likeness (QED) is 0.760. The van der Waals surface area contributed by atoms with E-state index in [1.807, 2.05) is 20.8 Å².